The van der Waals surface area contributed by atoms with Crippen LogP contribution in [0.4, 0.5) is 0 Å². The van der Waals surface area contributed by atoms with Gasteiger partial charge >= 0.3 is 0 Å². The van der Waals surface area contributed by atoms with E-state index in [1.807, 2.05) is 6.92 Å². The lowest BCUT2D eigenvalue weighted by atomic mass is 9.45. The molecule has 3 fully saturated rings. The molecule has 0 aromatic carbocycles. The number of allylic oxidation sites excluding steroid dienone is 2. The minimum Gasteiger partial charge on any atom is -0.421 e. The maximum atomic E-state index is 5.83. The molecule has 0 bridgehead atoms. The molecule has 0 saturated heterocycles. The third-order valence-electron chi connectivity index (χ3n) is 8.92. The van der Waals surface area contributed by atoms with Gasteiger partial charge in [-0.25, -0.2) is 0 Å². The maximum Gasteiger partial charge on any atom is 0.243 e. The molecule has 25 heavy (non-hydrogen) atoms. The van der Waals surface area contributed by atoms with Crippen LogP contribution in [0.3, 0.4) is 0 Å². The van der Waals surface area contributed by atoms with Gasteiger partial charge in [0.25, 0.3) is 0 Å². The molecular weight excluding hydrogens is 308 g/mol. The summed E-state index contributed by atoms with van der Waals surface area (Å²) in [5.74, 6) is 5.11. The Morgan fingerprint density at radius 2 is 1.88 bits per heavy atom. The summed E-state index contributed by atoms with van der Waals surface area (Å²) in [5, 5.41) is 8.45. The first-order valence-electron chi connectivity index (χ1n) is 10.5. The van der Waals surface area contributed by atoms with E-state index in [4.69, 9.17) is 4.42 Å². The van der Waals surface area contributed by atoms with Gasteiger partial charge in [0.2, 0.25) is 11.8 Å². The van der Waals surface area contributed by atoms with Crippen LogP contribution < -0.4 is 0 Å². The maximum absolute atomic E-state index is 5.83. The lowest BCUT2D eigenvalue weighted by Crippen LogP contribution is -2.52. The Bertz CT molecular complexity index is 707. The number of aromatic nitrogens is 2. The van der Waals surface area contributed by atoms with E-state index in [0.717, 1.165) is 29.6 Å². The molecule has 3 saturated carbocycles. The summed E-state index contributed by atoms with van der Waals surface area (Å²) in [7, 11) is 0. The molecule has 1 unspecified atom stereocenters. The fraction of sp³-hybridized carbons (Fsp3) is 0.818. The second-order valence-electron chi connectivity index (χ2n) is 9.84. The minimum absolute atomic E-state index is 0.248. The molecule has 6 atom stereocenters. The van der Waals surface area contributed by atoms with Gasteiger partial charge in [-0.2, -0.15) is 0 Å². The van der Waals surface area contributed by atoms with Crippen molar-refractivity contribution >= 4 is 5.57 Å². The van der Waals surface area contributed by atoms with Gasteiger partial charge in [-0.15, -0.1) is 10.2 Å². The third kappa shape index (κ3) is 2.16. The van der Waals surface area contributed by atoms with Gasteiger partial charge in [0.05, 0.1) is 0 Å². The Kier molecular flexibility index (Phi) is 3.50. The van der Waals surface area contributed by atoms with Crippen LogP contribution in [0.1, 0.15) is 83.4 Å². The molecule has 1 heterocycles. The van der Waals surface area contributed by atoms with Crippen molar-refractivity contribution in [3.05, 3.63) is 17.9 Å². The molecule has 0 spiro atoms. The first-order valence-corrected chi connectivity index (χ1v) is 10.5. The van der Waals surface area contributed by atoms with E-state index in [0.29, 0.717) is 11.3 Å². The highest BCUT2D eigenvalue weighted by molar-refractivity contribution is 5.67. The summed E-state index contributed by atoms with van der Waals surface area (Å²) in [6.45, 7) is 7.04. The summed E-state index contributed by atoms with van der Waals surface area (Å²) in [4.78, 5) is 0. The van der Waals surface area contributed by atoms with Crippen LogP contribution in [-0.4, -0.2) is 10.2 Å². The first-order chi connectivity index (χ1) is 12.0. The highest BCUT2D eigenvalue weighted by Crippen LogP contribution is 2.67. The van der Waals surface area contributed by atoms with E-state index < -0.39 is 0 Å². The lowest BCUT2D eigenvalue weighted by molar-refractivity contribution is -0.0955. The summed E-state index contributed by atoms with van der Waals surface area (Å²) in [5.41, 5.74) is 2.22. The Balaban J connectivity index is 1.46. The summed E-state index contributed by atoms with van der Waals surface area (Å²) in [6, 6.07) is 0. The molecule has 0 amide bonds. The summed E-state index contributed by atoms with van der Waals surface area (Å²) < 4.78 is 5.83. The van der Waals surface area contributed by atoms with Crippen molar-refractivity contribution in [1.29, 1.82) is 0 Å². The monoisotopic (exact) mass is 340 g/mol. The van der Waals surface area contributed by atoms with E-state index in [9.17, 15) is 0 Å². The van der Waals surface area contributed by atoms with Crippen molar-refractivity contribution in [2.45, 2.75) is 78.6 Å². The zero-order valence-corrected chi connectivity index (χ0v) is 16.1. The van der Waals surface area contributed by atoms with Gasteiger partial charge in [0.15, 0.2) is 0 Å². The zero-order chi connectivity index (χ0) is 17.2. The molecule has 0 aliphatic heterocycles. The Hall–Kier alpha value is -1.12. The first kappa shape index (κ1) is 16.1. The number of hydrogen-bond donors (Lipinski definition) is 0. The smallest absolute Gasteiger partial charge is 0.243 e. The van der Waals surface area contributed by atoms with Crippen LogP contribution in [0, 0.1) is 41.4 Å². The fourth-order valence-electron chi connectivity index (χ4n) is 7.60. The third-order valence-corrected chi connectivity index (χ3v) is 8.92. The molecule has 1 aromatic heterocycles. The van der Waals surface area contributed by atoms with Crippen molar-refractivity contribution < 1.29 is 4.42 Å². The largest absolute Gasteiger partial charge is 0.421 e. The zero-order valence-electron chi connectivity index (χ0n) is 16.1. The van der Waals surface area contributed by atoms with Crippen molar-refractivity contribution in [1.82, 2.24) is 10.2 Å². The number of rotatable bonds is 1. The Morgan fingerprint density at radius 1 is 1.00 bits per heavy atom. The number of aryl methyl sites for hydroxylation is 1. The highest BCUT2D eigenvalue weighted by atomic mass is 16.4. The van der Waals surface area contributed by atoms with Crippen LogP contribution in [0.15, 0.2) is 10.5 Å². The van der Waals surface area contributed by atoms with Gasteiger partial charge in [0, 0.05) is 17.9 Å². The van der Waals surface area contributed by atoms with Gasteiger partial charge in [0.1, 0.15) is 0 Å². The molecule has 5 rings (SSSR count). The quantitative estimate of drug-likeness (QED) is 0.648. The molecule has 3 nitrogen and oxygen atoms in total. The molecule has 0 radical (unpaired) electrons. The SMILES string of the molecule is Cc1nnc(C2=CC[C@H]3[C@@H]4CCC5CCCC[C@]5(C)[C@H]4CC[C@]23C)o1. The normalized spacial score (nSPS) is 46.1. The standard InChI is InChI=1S/C22H32N2O/c1-14-23-24-20(25-14)19-10-9-17-16-8-7-15-6-4-5-12-21(15,2)18(16)11-13-22(17,19)3/h10,15-18H,4-9,11-13H2,1-3H3/t15?,16-,17-,18-,21-,22-/m0/s1. The molecule has 4 aliphatic carbocycles. The van der Waals surface area contributed by atoms with Crippen LogP contribution in [-0.2, 0) is 0 Å². The van der Waals surface area contributed by atoms with Gasteiger partial charge in [-0.3, -0.25) is 0 Å². The summed E-state index contributed by atoms with van der Waals surface area (Å²) in [6.07, 6.45) is 15.2. The van der Waals surface area contributed by atoms with Crippen molar-refractivity contribution in [2.24, 2.45) is 34.5 Å². The lowest BCUT2D eigenvalue weighted by Gasteiger charge is -2.60. The van der Waals surface area contributed by atoms with Crippen LogP contribution in [0.2, 0.25) is 0 Å². The Morgan fingerprint density at radius 3 is 2.68 bits per heavy atom. The van der Waals surface area contributed by atoms with Crippen molar-refractivity contribution in [2.75, 3.05) is 0 Å². The molecular formula is C22H32N2O. The van der Waals surface area contributed by atoms with E-state index >= 15 is 0 Å². The Labute approximate surface area is 151 Å². The predicted octanol–water partition coefficient (Wildman–Crippen LogP) is 5.80. The second kappa shape index (κ2) is 5.44. The number of nitrogens with zero attached hydrogens (tertiary/aromatic N) is 2. The minimum atomic E-state index is 0.248. The number of hydrogen-bond acceptors (Lipinski definition) is 3. The molecule has 3 heteroatoms. The number of fused-ring (bicyclic) bond motifs is 5. The van der Waals surface area contributed by atoms with Crippen LogP contribution in [0.25, 0.3) is 5.57 Å². The van der Waals surface area contributed by atoms with Crippen molar-refractivity contribution in [3.8, 4) is 0 Å². The van der Waals surface area contributed by atoms with E-state index in [1.54, 1.807) is 0 Å². The van der Waals surface area contributed by atoms with E-state index in [1.165, 1.54) is 63.4 Å². The van der Waals surface area contributed by atoms with E-state index in [2.05, 4.69) is 30.1 Å². The molecule has 4 aliphatic rings. The van der Waals surface area contributed by atoms with Gasteiger partial charge < -0.3 is 4.42 Å². The van der Waals surface area contributed by atoms with Gasteiger partial charge in [-0.1, -0.05) is 32.8 Å². The van der Waals surface area contributed by atoms with E-state index in [-0.39, 0.29) is 5.41 Å². The van der Waals surface area contributed by atoms with Crippen LogP contribution >= 0.6 is 0 Å². The average Bonchev–Trinajstić information content (AvgIpc) is 3.16. The second-order valence-corrected chi connectivity index (χ2v) is 9.84. The highest BCUT2D eigenvalue weighted by Gasteiger charge is 2.58. The van der Waals surface area contributed by atoms with Crippen molar-refractivity contribution in [3.63, 3.8) is 0 Å². The fourth-order valence-corrected chi connectivity index (χ4v) is 7.60. The average molecular weight is 341 g/mol. The predicted molar refractivity (Wildman–Crippen MR) is 98.7 cm³/mol. The topological polar surface area (TPSA) is 38.9 Å². The molecule has 136 valence electrons. The molecule has 0 N–H and O–H groups in total. The van der Waals surface area contributed by atoms with Crippen LogP contribution in [0.5, 0.6) is 0 Å². The molecule has 1 aromatic rings. The van der Waals surface area contributed by atoms with Gasteiger partial charge in [-0.05, 0) is 74.0 Å². The summed E-state index contributed by atoms with van der Waals surface area (Å²) >= 11 is 0.